The van der Waals surface area contributed by atoms with E-state index in [1.807, 2.05) is 0 Å². The maximum Gasteiger partial charge on any atom is 0.358 e. The molecule has 124 valence electrons. The van der Waals surface area contributed by atoms with Crippen molar-refractivity contribution in [3.05, 3.63) is 0 Å². The largest absolute Gasteiger partial charge is 0.358 e. The molecule has 0 saturated carbocycles. The second-order valence-corrected chi connectivity index (χ2v) is 5.49. The van der Waals surface area contributed by atoms with Gasteiger partial charge >= 0.3 is 5.97 Å². The van der Waals surface area contributed by atoms with Crippen molar-refractivity contribution in [2.75, 3.05) is 6.54 Å². The topological polar surface area (TPSA) is 75.6 Å². The maximum absolute atomic E-state index is 11.3. The van der Waals surface area contributed by atoms with Crippen LogP contribution in [0, 0.1) is 0 Å². The quantitative estimate of drug-likeness (QED) is 0.210. The average Bonchev–Trinajstić information content (AvgIpc) is 2.51. The molecule has 0 aromatic carbocycles. The summed E-state index contributed by atoms with van der Waals surface area (Å²) >= 11 is 0. The highest BCUT2D eigenvalue weighted by Gasteiger charge is 2.18. The number of hydrogen-bond acceptors (Lipinski definition) is 5. The van der Waals surface area contributed by atoms with Crippen molar-refractivity contribution in [1.82, 2.24) is 5.32 Å². The van der Waals surface area contributed by atoms with Gasteiger partial charge in [-0.25, -0.2) is 4.79 Å². The van der Waals surface area contributed by atoms with Crippen molar-refractivity contribution in [3.63, 3.8) is 0 Å². The molecule has 5 heteroatoms. The predicted molar refractivity (Wildman–Crippen MR) is 83.0 cm³/mol. The minimum atomic E-state index is -0.666. The van der Waals surface area contributed by atoms with Gasteiger partial charge in [0, 0.05) is 6.42 Å². The Hall–Kier alpha value is -0.940. The lowest BCUT2D eigenvalue weighted by atomic mass is 10.1. The average molecular weight is 301 g/mol. The Bertz CT molecular complexity index is 259. The van der Waals surface area contributed by atoms with Gasteiger partial charge in [-0.05, 0) is 25.8 Å². The number of carbonyl (C=O) groups is 2. The molecule has 0 rings (SSSR count). The smallest absolute Gasteiger partial charge is 0.304 e. The number of carbonyl (C=O) groups excluding carboxylic acids is 2. The van der Waals surface area contributed by atoms with E-state index >= 15 is 0 Å². The molecule has 0 aliphatic rings. The normalized spacial score (nSPS) is 12.1. The third-order valence-electron chi connectivity index (χ3n) is 3.61. The summed E-state index contributed by atoms with van der Waals surface area (Å²) in [5.41, 5.74) is 0. The Morgan fingerprint density at radius 3 is 2.29 bits per heavy atom. The molecule has 1 unspecified atom stereocenters. The minimum Gasteiger partial charge on any atom is -0.304 e. The van der Waals surface area contributed by atoms with Gasteiger partial charge in [0.2, 0.25) is 0 Å². The fourth-order valence-corrected chi connectivity index (χ4v) is 2.31. The number of rotatable bonds is 15. The molecule has 0 fully saturated rings. The first-order chi connectivity index (χ1) is 10.3. The highest BCUT2D eigenvalue weighted by atomic mass is 17.1. The Kier molecular flexibility index (Phi) is 14.8. The number of aldehydes is 1. The van der Waals surface area contributed by atoms with Gasteiger partial charge in [-0.3, -0.25) is 4.89 Å². The fourth-order valence-electron chi connectivity index (χ4n) is 2.31. The van der Waals surface area contributed by atoms with Crippen LogP contribution >= 0.6 is 0 Å². The Balaban J connectivity index is 3.58. The molecule has 0 bridgehead atoms. The Morgan fingerprint density at radius 2 is 1.71 bits per heavy atom. The molecule has 0 saturated heterocycles. The fraction of sp³-hybridized carbons (Fsp3) is 0.875. The van der Waals surface area contributed by atoms with Gasteiger partial charge in [-0.2, -0.15) is 5.26 Å². The van der Waals surface area contributed by atoms with Gasteiger partial charge < -0.3 is 10.1 Å². The number of nitrogens with one attached hydrogen (secondary N) is 1. The standard InChI is InChI=1S/C16H31NO4/c1-2-3-4-5-6-7-8-10-13-17-15(16(19)21-20)12-9-11-14-18/h14-15,17,20H,2-13H2,1H3. The van der Waals surface area contributed by atoms with Crippen LogP contribution in [0.1, 0.15) is 77.6 Å². The van der Waals surface area contributed by atoms with Crippen LogP contribution in [0.5, 0.6) is 0 Å². The monoisotopic (exact) mass is 301 g/mol. The van der Waals surface area contributed by atoms with Gasteiger partial charge in [0.25, 0.3) is 0 Å². The maximum atomic E-state index is 11.3. The summed E-state index contributed by atoms with van der Waals surface area (Å²) in [5, 5.41) is 11.5. The van der Waals surface area contributed by atoms with Crippen LogP contribution in [-0.2, 0) is 14.5 Å². The molecule has 0 aliphatic heterocycles. The summed E-state index contributed by atoms with van der Waals surface area (Å²) in [7, 11) is 0. The van der Waals surface area contributed by atoms with Crippen molar-refractivity contribution in [2.24, 2.45) is 0 Å². The van der Waals surface area contributed by atoms with E-state index in [4.69, 9.17) is 5.26 Å². The first-order valence-corrected chi connectivity index (χ1v) is 8.28. The zero-order valence-corrected chi connectivity index (χ0v) is 13.3. The Morgan fingerprint density at radius 1 is 1.10 bits per heavy atom. The van der Waals surface area contributed by atoms with E-state index in [0.29, 0.717) is 19.3 Å². The van der Waals surface area contributed by atoms with Crippen LogP contribution in [0.15, 0.2) is 0 Å². The van der Waals surface area contributed by atoms with Crippen LogP contribution < -0.4 is 5.32 Å². The van der Waals surface area contributed by atoms with E-state index in [-0.39, 0.29) is 0 Å². The van der Waals surface area contributed by atoms with E-state index in [1.165, 1.54) is 38.5 Å². The molecule has 0 amide bonds. The highest BCUT2D eigenvalue weighted by molar-refractivity contribution is 5.75. The van der Waals surface area contributed by atoms with Crippen LogP contribution in [-0.4, -0.2) is 30.1 Å². The molecule has 21 heavy (non-hydrogen) atoms. The van der Waals surface area contributed by atoms with Gasteiger partial charge in [0.1, 0.15) is 12.3 Å². The summed E-state index contributed by atoms with van der Waals surface area (Å²) in [6.45, 7) is 2.95. The van der Waals surface area contributed by atoms with Crippen molar-refractivity contribution in [1.29, 1.82) is 0 Å². The second kappa shape index (κ2) is 15.4. The van der Waals surface area contributed by atoms with E-state index in [2.05, 4.69) is 17.1 Å². The lowest BCUT2D eigenvalue weighted by Crippen LogP contribution is -2.38. The lowest BCUT2D eigenvalue weighted by Gasteiger charge is -2.14. The van der Waals surface area contributed by atoms with Crippen molar-refractivity contribution in [3.8, 4) is 0 Å². The summed E-state index contributed by atoms with van der Waals surface area (Å²) < 4.78 is 0. The summed E-state index contributed by atoms with van der Waals surface area (Å²) in [6.07, 6.45) is 12.3. The van der Waals surface area contributed by atoms with Crippen molar-refractivity contribution >= 4 is 12.3 Å². The van der Waals surface area contributed by atoms with E-state index in [0.717, 1.165) is 25.7 Å². The van der Waals surface area contributed by atoms with Crippen molar-refractivity contribution < 1.29 is 19.7 Å². The van der Waals surface area contributed by atoms with E-state index in [9.17, 15) is 9.59 Å². The van der Waals surface area contributed by atoms with E-state index < -0.39 is 12.0 Å². The first-order valence-electron chi connectivity index (χ1n) is 8.28. The van der Waals surface area contributed by atoms with Crippen LogP contribution in [0.25, 0.3) is 0 Å². The molecule has 5 nitrogen and oxygen atoms in total. The summed E-state index contributed by atoms with van der Waals surface area (Å²) in [5.74, 6) is -0.666. The van der Waals surface area contributed by atoms with E-state index in [1.54, 1.807) is 0 Å². The molecule has 0 aliphatic carbocycles. The SMILES string of the molecule is CCCCCCCCCCNC(CCCC=O)C(=O)OO. The molecule has 0 aromatic rings. The molecular weight excluding hydrogens is 270 g/mol. The summed E-state index contributed by atoms with van der Waals surface area (Å²) in [4.78, 5) is 25.4. The third kappa shape index (κ3) is 12.5. The molecule has 2 N–H and O–H groups in total. The highest BCUT2D eigenvalue weighted by Crippen LogP contribution is 2.08. The Labute approximate surface area is 128 Å². The number of hydrogen-bond donors (Lipinski definition) is 2. The first kappa shape index (κ1) is 20.1. The van der Waals surface area contributed by atoms with Gasteiger partial charge in [-0.1, -0.05) is 51.9 Å². The van der Waals surface area contributed by atoms with Gasteiger partial charge in [0.05, 0.1) is 0 Å². The molecule has 0 spiro atoms. The van der Waals surface area contributed by atoms with Crippen LogP contribution in [0.3, 0.4) is 0 Å². The molecule has 0 aromatic heterocycles. The lowest BCUT2D eigenvalue weighted by molar-refractivity contribution is -0.236. The molecular formula is C16H31NO4. The molecule has 0 radical (unpaired) electrons. The molecule has 1 atom stereocenters. The molecule has 0 heterocycles. The second-order valence-electron chi connectivity index (χ2n) is 5.49. The van der Waals surface area contributed by atoms with Gasteiger partial charge in [0.15, 0.2) is 0 Å². The van der Waals surface area contributed by atoms with Crippen LogP contribution in [0.2, 0.25) is 0 Å². The van der Waals surface area contributed by atoms with Gasteiger partial charge in [-0.15, -0.1) is 0 Å². The summed E-state index contributed by atoms with van der Waals surface area (Å²) in [6, 6.07) is -0.514. The zero-order chi connectivity index (χ0) is 15.8. The number of unbranched alkanes of at least 4 members (excludes halogenated alkanes) is 8. The zero-order valence-electron chi connectivity index (χ0n) is 13.3. The van der Waals surface area contributed by atoms with Crippen LogP contribution in [0.4, 0.5) is 0 Å². The van der Waals surface area contributed by atoms with Crippen molar-refractivity contribution in [2.45, 2.75) is 83.6 Å². The minimum absolute atomic E-state index is 0.425. The third-order valence-corrected chi connectivity index (χ3v) is 3.61. The predicted octanol–water partition coefficient (Wildman–Crippen LogP) is 3.47.